The van der Waals surface area contributed by atoms with E-state index in [0.717, 1.165) is 16.5 Å². The van der Waals surface area contributed by atoms with Crippen LogP contribution in [0.25, 0.3) is 21.9 Å². The van der Waals surface area contributed by atoms with Crippen LogP contribution in [0.4, 0.5) is 11.4 Å². The molecule has 144 valence electrons. The molecule has 0 aliphatic carbocycles. The van der Waals surface area contributed by atoms with E-state index in [4.69, 9.17) is 4.42 Å². The van der Waals surface area contributed by atoms with Crippen molar-refractivity contribution in [2.75, 3.05) is 16.8 Å². The normalized spacial score (nSPS) is 16.6. The van der Waals surface area contributed by atoms with Crippen molar-refractivity contribution in [3.8, 4) is 0 Å². The predicted molar refractivity (Wildman–Crippen MR) is 110 cm³/mol. The molecule has 1 aliphatic heterocycles. The fourth-order valence-corrected chi connectivity index (χ4v) is 3.83. The summed E-state index contributed by atoms with van der Waals surface area (Å²) in [4.78, 5) is 40.9. The number of nitrogens with one attached hydrogen (secondary N) is 2. The first-order valence-electron chi connectivity index (χ1n) is 9.30. The van der Waals surface area contributed by atoms with Gasteiger partial charge in [0.05, 0.1) is 17.1 Å². The zero-order valence-electron chi connectivity index (χ0n) is 15.3. The van der Waals surface area contributed by atoms with Gasteiger partial charge in [0.15, 0.2) is 5.58 Å². The van der Waals surface area contributed by atoms with Crippen molar-refractivity contribution in [3.63, 3.8) is 0 Å². The summed E-state index contributed by atoms with van der Waals surface area (Å²) in [6.45, 7) is 0.323. The van der Waals surface area contributed by atoms with Crippen LogP contribution in [0, 0.1) is 5.92 Å². The second-order valence-corrected chi connectivity index (χ2v) is 7.12. The van der Waals surface area contributed by atoms with E-state index in [-0.39, 0.29) is 18.2 Å². The number of oxazole rings is 1. The van der Waals surface area contributed by atoms with Crippen LogP contribution in [0.2, 0.25) is 0 Å². The maximum atomic E-state index is 12.8. The molecule has 7 nitrogen and oxygen atoms in total. The first-order chi connectivity index (χ1) is 14.1. The Bertz CT molecular complexity index is 1320. The van der Waals surface area contributed by atoms with Gasteiger partial charge in [-0.3, -0.25) is 14.6 Å². The standard InChI is InChI=1S/C22H17N3O4/c26-20-10-14(12-25(20)18-7-3-5-13-4-1-2-6-16(13)18)21(27)23-15-8-9-19-17(11-15)24-22(28)29-19/h1-9,11,14H,10,12H2,(H,23,27)(H,24,28). The Hall–Kier alpha value is -3.87. The minimum Gasteiger partial charge on any atom is -0.408 e. The van der Waals surface area contributed by atoms with Crippen molar-refractivity contribution in [3.05, 3.63) is 71.2 Å². The van der Waals surface area contributed by atoms with Crippen molar-refractivity contribution in [2.45, 2.75) is 6.42 Å². The number of hydrogen-bond acceptors (Lipinski definition) is 4. The lowest BCUT2D eigenvalue weighted by molar-refractivity contribution is -0.122. The molecule has 1 aromatic heterocycles. The maximum Gasteiger partial charge on any atom is 0.417 e. The average Bonchev–Trinajstić information content (AvgIpc) is 3.29. The van der Waals surface area contributed by atoms with Crippen LogP contribution in [0.1, 0.15) is 6.42 Å². The summed E-state index contributed by atoms with van der Waals surface area (Å²) in [5.74, 6) is -1.31. The molecule has 1 saturated heterocycles. The Labute approximate surface area is 164 Å². The highest BCUT2D eigenvalue weighted by molar-refractivity contribution is 6.08. The Balaban J connectivity index is 1.37. The van der Waals surface area contributed by atoms with Crippen molar-refractivity contribution in [2.24, 2.45) is 5.92 Å². The lowest BCUT2D eigenvalue weighted by Gasteiger charge is -2.19. The second kappa shape index (κ2) is 6.63. The molecule has 0 saturated carbocycles. The summed E-state index contributed by atoms with van der Waals surface area (Å²) in [6, 6.07) is 18.6. The zero-order valence-corrected chi connectivity index (χ0v) is 15.3. The molecule has 0 bridgehead atoms. The molecule has 4 aromatic rings. The number of carbonyl (C=O) groups excluding carboxylic acids is 2. The predicted octanol–water partition coefficient (Wildman–Crippen LogP) is 3.27. The topological polar surface area (TPSA) is 95.4 Å². The molecule has 2 amide bonds. The minimum atomic E-state index is -0.546. The van der Waals surface area contributed by atoms with Gasteiger partial charge < -0.3 is 14.6 Å². The van der Waals surface area contributed by atoms with Gasteiger partial charge in [0.2, 0.25) is 11.8 Å². The van der Waals surface area contributed by atoms with E-state index in [0.29, 0.717) is 23.3 Å². The fourth-order valence-electron chi connectivity index (χ4n) is 3.83. The lowest BCUT2D eigenvalue weighted by Crippen LogP contribution is -2.28. The van der Waals surface area contributed by atoms with Gasteiger partial charge in [-0.25, -0.2) is 4.79 Å². The van der Waals surface area contributed by atoms with Crippen LogP contribution in [0.5, 0.6) is 0 Å². The third kappa shape index (κ3) is 3.06. The van der Waals surface area contributed by atoms with Gasteiger partial charge in [-0.2, -0.15) is 0 Å². The van der Waals surface area contributed by atoms with E-state index >= 15 is 0 Å². The van der Waals surface area contributed by atoms with Gasteiger partial charge in [-0.1, -0.05) is 36.4 Å². The van der Waals surface area contributed by atoms with Gasteiger partial charge in [0.25, 0.3) is 0 Å². The molecule has 1 aliphatic rings. The molecule has 2 N–H and O–H groups in total. The zero-order chi connectivity index (χ0) is 20.0. The number of H-pyrrole nitrogens is 1. The summed E-state index contributed by atoms with van der Waals surface area (Å²) in [6.07, 6.45) is 0.153. The molecule has 1 fully saturated rings. The van der Waals surface area contributed by atoms with Gasteiger partial charge in [0.1, 0.15) is 0 Å². The first-order valence-corrected chi connectivity index (χ1v) is 9.30. The molecular formula is C22H17N3O4. The molecule has 1 unspecified atom stereocenters. The summed E-state index contributed by atoms with van der Waals surface area (Å²) in [5.41, 5.74) is 2.29. The maximum absolute atomic E-state index is 12.8. The van der Waals surface area contributed by atoms with E-state index < -0.39 is 11.7 Å². The molecule has 1 atom stereocenters. The van der Waals surface area contributed by atoms with E-state index in [1.165, 1.54) is 0 Å². The van der Waals surface area contributed by atoms with Crippen molar-refractivity contribution >= 4 is 45.1 Å². The lowest BCUT2D eigenvalue weighted by atomic mass is 10.1. The number of rotatable bonds is 3. The molecule has 7 heteroatoms. The highest BCUT2D eigenvalue weighted by Crippen LogP contribution is 2.32. The van der Waals surface area contributed by atoms with Crippen LogP contribution in [0.3, 0.4) is 0 Å². The SMILES string of the molecule is O=C(Nc1ccc2oc(=O)[nH]c2c1)C1CC(=O)N(c2cccc3ccccc23)C1. The van der Waals surface area contributed by atoms with E-state index in [9.17, 15) is 14.4 Å². The molecular weight excluding hydrogens is 370 g/mol. The smallest absolute Gasteiger partial charge is 0.408 e. The summed E-state index contributed by atoms with van der Waals surface area (Å²) in [5, 5.41) is 4.87. The third-order valence-corrected chi connectivity index (χ3v) is 5.24. The van der Waals surface area contributed by atoms with Crippen molar-refractivity contribution < 1.29 is 14.0 Å². The second-order valence-electron chi connectivity index (χ2n) is 7.12. The Morgan fingerprint density at radius 3 is 2.79 bits per heavy atom. The molecule has 0 spiro atoms. The monoisotopic (exact) mass is 387 g/mol. The molecule has 0 radical (unpaired) electrons. The highest BCUT2D eigenvalue weighted by atomic mass is 16.4. The van der Waals surface area contributed by atoms with Crippen LogP contribution in [0.15, 0.2) is 69.9 Å². The number of aromatic nitrogens is 1. The molecule has 3 aromatic carbocycles. The van der Waals surface area contributed by atoms with Crippen molar-refractivity contribution in [1.29, 1.82) is 0 Å². The number of carbonyl (C=O) groups is 2. The van der Waals surface area contributed by atoms with E-state index in [2.05, 4.69) is 10.3 Å². The number of nitrogens with zero attached hydrogens (tertiary/aromatic N) is 1. The van der Waals surface area contributed by atoms with Crippen molar-refractivity contribution in [1.82, 2.24) is 4.98 Å². The number of benzene rings is 3. The Morgan fingerprint density at radius 1 is 1.07 bits per heavy atom. The Kier molecular flexibility index (Phi) is 3.94. The van der Waals surface area contributed by atoms with Crippen LogP contribution < -0.4 is 16.0 Å². The molecule has 5 rings (SSSR count). The summed E-state index contributed by atoms with van der Waals surface area (Å²) < 4.78 is 4.96. The molecule has 29 heavy (non-hydrogen) atoms. The first kappa shape index (κ1) is 17.2. The Morgan fingerprint density at radius 2 is 1.90 bits per heavy atom. The van der Waals surface area contributed by atoms with E-state index in [1.54, 1.807) is 23.1 Å². The van der Waals surface area contributed by atoms with Gasteiger partial charge in [-0.05, 0) is 29.7 Å². The minimum absolute atomic E-state index is 0.0730. The quantitative estimate of drug-likeness (QED) is 0.564. The van der Waals surface area contributed by atoms with E-state index in [1.807, 2.05) is 42.5 Å². The van der Waals surface area contributed by atoms with Crippen LogP contribution >= 0.6 is 0 Å². The van der Waals surface area contributed by atoms with Gasteiger partial charge >= 0.3 is 5.76 Å². The van der Waals surface area contributed by atoms with Gasteiger partial charge in [-0.15, -0.1) is 0 Å². The molecule has 2 heterocycles. The fraction of sp³-hybridized carbons (Fsp3) is 0.136. The highest BCUT2D eigenvalue weighted by Gasteiger charge is 2.35. The number of anilines is 2. The number of aromatic amines is 1. The van der Waals surface area contributed by atoms with Crippen LogP contribution in [-0.2, 0) is 9.59 Å². The number of hydrogen-bond donors (Lipinski definition) is 2. The largest absolute Gasteiger partial charge is 0.417 e. The number of fused-ring (bicyclic) bond motifs is 2. The summed E-state index contributed by atoms with van der Waals surface area (Å²) in [7, 11) is 0. The van der Waals surface area contributed by atoms with Crippen LogP contribution in [-0.4, -0.2) is 23.3 Å². The third-order valence-electron chi connectivity index (χ3n) is 5.24. The number of amides is 2. The summed E-state index contributed by atoms with van der Waals surface area (Å²) >= 11 is 0. The van der Waals surface area contributed by atoms with Gasteiger partial charge in [0, 0.05) is 24.0 Å². The average molecular weight is 387 g/mol.